The number of unbranched alkanes of at least 4 members (excludes halogenated alkanes) is 3. The zero-order chi connectivity index (χ0) is 22.6. The lowest BCUT2D eigenvalue weighted by molar-refractivity contribution is -0.384. The zero-order valence-electron chi connectivity index (χ0n) is 17.1. The van der Waals surface area contributed by atoms with E-state index in [0.29, 0.717) is 17.9 Å². The summed E-state index contributed by atoms with van der Waals surface area (Å²) in [7, 11) is 0. The fourth-order valence-corrected chi connectivity index (χ4v) is 2.78. The largest absolute Gasteiger partial charge is 0.493 e. The van der Waals surface area contributed by atoms with Gasteiger partial charge in [-0.3, -0.25) is 35.9 Å². The maximum absolute atomic E-state index is 12.5. The predicted octanol–water partition coefficient (Wildman–Crippen LogP) is 3.50. The van der Waals surface area contributed by atoms with Gasteiger partial charge in [0, 0.05) is 17.7 Å². The summed E-state index contributed by atoms with van der Waals surface area (Å²) in [5.41, 5.74) is 4.86. The number of nitro benzene ring substituents is 1. The molecule has 3 N–H and O–H groups in total. The number of para-hydroxylation sites is 1. The summed E-state index contributed by atoms with van der Waals surface area (Å²) in [5, 5.41) is 13.1. The Morgan fingerprint density at radius 2 is 1.81 bits per heavy atom. The van der Waals surface area contributed by atoms with Crippen LogP contribution in [-0.2, 0) is 0 Å². The Bertz CT molecular complexity index is 951. The van der Waals surface area contributed by atoms with E-state index in [1.807, 2.05) is 0 Å². The molecular formula is C21H24N4O5S. The van der Waals surface area contributed by atoms with Crippen LogP contribution in [0.4, 0.5) is 5.69 Å². The molecule has 2 amide bonds. The van der Waals surface area contributed by atoms with Gasteiger partial charge in [0.05, 0.1) is 17.1 Å². The maximum Gasteiger partial charge on any atom is 0.270 e. The second-order valence-electron chi connectivity index (χ2n) is 6.58. The van der Waals surface area contributed by atoms with Crippen LogP contribution in [0.15, 0.2) is 48.5 Å². The van der Waals surface area contributed by atoms with Crippen LogP contribution in [0, 0.1) is 10.1 Å². The number of carbonyl (C=O) groups excluding carboxylic acids is 2. The van der Waals surface area contributed by atoms with Crippen molar-refractivity contribution in [2.24, 2.45) is 0 Å². The summed E-state index contributed by atoms with van der Waals surface area (Å²) in [6.45, 7) is 2.63. The number of hydrogen-bond donors (Lipinski definition) is 3. The molecule has 0 aliphatic carbocycles. The minimum absolute atomic E-state index is 0.0673. The van der Waals surface area contributed by atoms with E-state index in [2.05, 4.69) is 23.1 Å². The first-order valence-electron chi connectivity index (χ1n) is 9.80. The van der Waals surface area contributed by atoms with Crippen LogP contribution in [0.1, 0.15) is 53.3 Å². The highest BCUT2D eigenvalue weighted by atomic mass is 32.1. The molecule has 2 aromatic carbocycles. The van der Waals surface area contributed by atoms with Gasteiger partial charge in [0.25, 0.3) is 17.5 Å². The van der Waals surface area contributed by atoms with Crippen molar-refractivity contribution >= 4 is 34.8 Å². The molecular weight excluding hydrogens is 420 g/mol. The molecule has 10 heteroatoms. The van der Waals surface area contributed by atoms with Gasteiger partial charge in [-0.25, -0.2) is 0 Å². The maximum atomic E-state index is 12.5. The molecule has 0 saturated carbocycles. The van der Waals surface area contributed by atoms with Crippen molar-refractivity contribution in [2.75, 3.05) is 6.61 Å². The van der Waals surface area contributed by atoms with Crippen molar-refractivity contribution in [1.82, 2.24) is 16.2 Å². The molecule has 0 heterocycles. The lowest BCUT2D eigenvalue weighted by atomic mass is 10.2. The number of hydrazine groups is 1. The number of nitrogens with zero attached hydrogens (tertiary/aromatic N) is 1. The molecule has 9 nitrogen and oxygen atoms in total. The van der Waals surface area contributed by atoms with E-state index in [9.17, 15) is 19.7 Å². The van der Waals surface area contributed by atoms with Crippen LogP contribution in [-0.4, -0.2) is 28.5 Å². The summed E-state index contributed by atoms with van der Waals surface area (Å²) in [4.78, 5) is 34.9. The first kappa shape index (κ1) is 23.7. The van der Waals surface area contributed by atoms with Gasteiger partial charge in [-0.2, -0.15) is 0 Å². The lowest BCUT2D eigenvalue weighted by Crippen LogP contribution is -2.48. The van der Waals surface area contributed by atoms with E-state index in [1.54, 1.807) is 24.3 Å². The highest BCUT2D eigenvalue weighted by molar-refractivity contribution is 7.80. The summed E-state index contributed by atoms with van der Waals surface area (Å²) in [6, 6.07) is 12.0. The SMILES string of the molecule is CCCCCCOc1ccccc1C(=O)NC(=S)NNC(=O)c1cccc([N+](=O)[O-])c1. The molecule has 0 saturated heterocycles. The zero-order valence-corrected chi connectivity index (χ0v) is 17.9. The third-order valence-electron chi connectivity index (χ3n) is 4.22. The van der Waals surface area contributed by atoms with Gasteiger partial charge in [0.15, 0.2) is 5.11 Å². The third-order valence-corrected chi connectivity index (χ3v) is 4.43. The predicted molar refractivity (Wildman–Crippen MR) is 120 cm³/mol. The van der Waals surface area contributed by atoms with Gasteiger partial charge in [-0.05, 0) is 36.8 Å². The molecule has 164 valence electrons. The molecule has 0 unspecified atom stereocenters. The van der Waals surface area contributed by atoms with E-state index in [1.165, 1.54) is 18.2 Å². The highest BCUT2D eigenvalue weighted by Gasteiger charge is 2.15. The van der Waals surface area contributed by atoms with Gasteiger partial charge >= 0.3 is 0 Å². The van der Waals surface area contributed by atoms with E-state index in [4.69, 9.17) is 17.0 Å². The minimum atomic E-state index is -0.642. The number of amides is 2. The molecule has 2 aromatic rings. The van der Waals surface area contributed by atoms with Gasteiger partial charge in [-0.15, -0.1) is 0 Å². The number of nitrogens with one attached hydrogen (secondary N) is 3. The smallest absolute Gasteiger partial charge is 0.270 e. The molecule has 0 aliphatic heterocycles. The molecule has 0 spiro atoms. The number of carbonyl (C=O) groups is 2. The van der Waals surface area contributed by atoms with Gasteiger partial charge in [0.1, 0.15) is 5.75 Å². The third kappa shape index (κ3) is 7.67. The van der Waals surface area contributed by atoms with E-state index >= 15 is 0 Å². The Morgan fingerprint density at radius 3 is 2.55 bits per heavy atom. The topological polar surface area (TPSA) is 123 Å². The first-order chi connectivity index (χ1) is 14.9. The van der Waals surface area contributed by atoms with E-state index < -0.39 is 16.7 Å². The molecule has 0 aliphatic rings. The van der Waals surface area contributed by atoms with Crippen molar-refractivity contribution in [1.29, 1.82) is 0 Å². The summed E-state index contributed by atoms with van der Waals surface area (Å²) >= 11 is 5.04. The molecule has 31 heavy (non-hydrogen) atoms. The number of rotatable bonds is 9. The second-order valence-corrected chi connectivity index (χ2v) is 6.98. The average Bonchev–Trinajstić information content (AvgIpc) is 2.77. The van der Waals surface area contributed by atoms with Crippen LogP contribution in [0.2, 0.25) is 0 Å². The van der Waals surface area contributed by atoms with Crippen molar-refractivity contribution in [3.63, 3.8) is 0 Å². The average molecular weight is 445 g/mol. The molecule has 2 rings (SSSR count). The van der Waals surface area contributed by atoms with Gasteiger partial charge in [-0.1, -0.05) is 44.4 Å². The minimum Gasteiger partial charge on any atom is -0.493 e. The number of hydrogen-bond acceptors (Lipinski definition) is 6. The van der Waals surface area contributed by atoms with Crippen LogP contribution in [0.25, 0.3) is 0 Å². The van der Waals surface area contributed by atoms with Crippen molar-refractivity contribution in [3.05, 3.63) is 69.8 Å². The highest BCUT2D eigenvalue weighted by Crippen LogP contribution is 2.18. The van der Waals surface area contributed by atoms with Crippen LogP contribution < -0.4 is 20.9 Å². The molecule has 0 bridgehead atoms. The fraction of sp³-hybridized carbons (Fsp3) is 0.286. The molecule has 0 atom stereocenters. The number of thiocarbonyl (C=S) groups is 1. The summed E-state index contributed by atoms with van der Waals surface area (Å²) < 4.78 is 5.72. The normalized spacial score (nSPS) is 10.1. The van der Waals surface area contributed by atoms with Crippen molar-refractivity contribution < 1.29 is 19.2 Å². The van der Waals surface area contributed by atoms with Gasteiger partial charge in [0.2, 0.25) is 0 Å². The monoisotopic (exact) mass is 444 g/mol. The van der Waals surface area contributed by atoms with Crippen LogP contribution in [0.5, 0.6) is 5.75 Å². The Labute approximate surface area is 185 Å². The fourth-order valence-electron chi connectivity index (χ4n) is 2.64. The number of non-ortho nitro benzene ring substituents is 1. The number of ether oxygens (including phenoxy) is 1. The lowest BCUT2D eigenvalue weighted by Gasteiger charge is -2.13. The standard InChI is InChI=1S/C21H24N4O5S/c1-2-3-4-7-13-30-18-12-6-5-11-17(18)20(27)22-21(31)24-23-19(26)15-9-8-10-16(14-15)25(28)29/h5-6,8-12,14H,2-4,7,13H2,1H3,(H,23,26)(H2,22,24,27,31). The quantitative estimate of drug-likeness (QED) is 0.234. The Balaban J connectivity index is 1.88. The van der Waals surface area contributed by atoms with Crippen LogP contribution in [0.3, 0.4) is 0 Å². The van der Waals surface area contributed by atoms with E-state index in [0.717, 1.165) is 31.7 Å². The Kier molecular flexibility index (Phi) is 9.37. The van der Waals surface area contributed by atoms with Crippen molar-refractivity contribution in [2.45, 2.75) is 32.6 Å². The van der Waals surface area contributed by atoms with Crippen LogP contribution >= 0.6 is 12.2 Å². The molecule has 0 fully saturated rings. The van der Waals surface area contributed by atoms with E-state index in [-0.39, 0.29) is 16.4 Å². The summed E-state index contributed by atoms with van der Waals surface area (Å²) in [5.74, 6) is -0.692. The number of nitro groups is 1. The Morgan fingerprint density at radius 1 is 1.03 bits per heavy atom. The number of benzene rings is 2. The van der Waals surface area contributed by atoms with Crippen molar-refractivity contribution in [3.8, 4) is 5.75 Å². The molecule has 0 radical (unpaired) electrons. The summed E-state index contributed by atoms with van der Waals surface area (Å²) in [6.07, 6.45) is 4.21. The first-order valence-corrected chi connectivity index (χ1v) is 10.2. The van der Waals surface area contributed by atoms with Gasteiger partial charge < -0.3 is 4.74 Å². The Hall–Kier alpha value is -3.53. The molecule has 0 aromatic heterocycles. The second kappa shape index (κ2) is 12.2.